The zero-order chi connectivity index (χ0) is 13.2. The third-order valence-corrected chi connectivity index (χ3v) is 3.72. The number of hydrogen-bond acceptors (Lipinski definition) is 1. The molecule has 0 aromatic heterocycles. The van der Waals surface area contributed by atoms with Crippen LogP contribution in [0.15, 0.2) is 0 Å². The summed E-state index contributed by atoms with van der Waals surface area (Å²) in [5, 5.41) is 8.37. The highest BCUT2D eigenvalue weighted by Gasteiger charge is 2.95. The molecule has 1 saturated carbocycles. The summed E-state index contributed by atoms with van der Waals surface area (Å²) in [5.74, 6) is -4.94. The Morgan fingerprint density at radius 3 is 1.62 bits per heavy atom. The second kappa shape index (κ2) is 2.96. The number of aliphatic carboxylic acids is 1. The van der Waals surface area contributed by atoms with E-state index in [0.29, 0.717) is 0 Å². The molecule has 1 fully saturated rings. The Kier molecular flexibility index (Phi) is 2.48. The van der Waals surface area contributed by atoms with E-state index in [9.17, 15) is 31.1 Å². The van der Waals surface area contributed by atoms with Gasteiger partial charge in [0.2, 0.25) is 0 Å². The quantitative estimate of drug-likeness (QED) is 0.588. The van der Waals surface area contributed by atoms with Crippen LogP contribution in [0.25, 0.3) is 0 Å². The molecule has 16 heavy (non-hydrogen) atoms. The van der Waals surface area contributed by atoms with Crippen molar-refractivity contribution in [3.63, 3.8) is 0 Å². The molecule has 94 valence electrons. The smallest absolute Gasteiger partial charge is 0.409 e. The van der Waals surface area contributed by atoms with E-state index in [-0.39, 0.29) is 6.92 Å². The van der Waals surface area contributed by atoms with Gasteiger partial charge in [-0.3, -0.25) is 4.79 Å². The van der Waals surface area contributed by atoms with Crippen LogP contribution in [0.3, 0.4) is 0 Å². The first-order valence-corrected chi connectivity index (χ1v) is 4.24. The molecule has 0 aromatic carbocycles. The van der Waals surface area contributed by atoms with Crippen molar-refractivity contribution in [3.05, 3.63) is 0 Å². The van der Waals surface area contributed by atoms with Gasteiger partial charge >= 0.3 is 18.3 Å². The Balaban J connectivity index is 3.29. The minimum absolute atomic E-state index is 0.159. The molecule has 1 aliphatic carbocycles. The van der Waals surface area contributed by atoms with Crippen molar-refractivity contribution in [2.24, 2.45) is 11.3 Å². The SMILES string of the molecule is CC1(C(F)(F)F)C(C(=O)O)C1(Cl)C(F)(F)F. The van der Waals surface area contributed by atoms with E-state index in [1.165, 1.54) is 0 Å². The van der Waals surface area contributed by atoms with Gasteiger partial charge in [-0.2, -0.15) is 26.3 Å². The fraction of sp³-hybridized carbons (Fsp3) is 0.857. The van der Waals surface area contributed by atoms with Gasteiger partial charge in [0.1, 0.15) is 11.3 Å². The molecule has 2 nitrogen and oxygen atoms in total. The first-order valence-electron chi connectivity index (χ1n) is 3.87. The summed E-state index contributed by atoms with van der Waals surface area (Å²) in [6.45, 7) is 0.159. The molecule has 0 aromatic rings. The molecule has 1 N–H and O–H groups in total. The van der Waals surface area contributed by atoms with Crippen molar-refractivity contribution in [3.8, 4) is 0 Å². The number of carboxylic acid groups (broad SMARTS) is 1. The van der Waals surface area contributed by atoms with Gasteiger partial charge in [0.25, 0.3) is 0 Å². The molecule has 0 amide bonds. The van der Waals surface area contributed by atoms with Gasteiger partial charge in [-0.25, -0.2) is 0 Å². The fourth-order valence-electron chi connectivity index (χ4n) is 1.82. The van der Waals surface area contributed by atoms with Gasteiger partial charge in [-0.15, -0.1) is 11.6 Å². The van der Waals surface area contributed by atoms with E-state index in [1.54, 1.807) is 0 Å². The maximum Gasteiger partial charge on any atom is 0.409 e. The third kappa shape index (κ3) is 1.25. The summed E-state index contributed by atoms with van der Waals surface area (Å²) in [5.41, 5.74) is -3.49. The lowest BCUT2D eigenvalue weighted by molar-refractivity contribution is -0.214. The van der Waals surface area contributed by atoms with Crippen molar-refractivity contribution in [2.75, 3.05) is 0 Å². The summed E-state index contributed by atoms with van der Waals surface area (Å²) in [4.78, 5) is 6.61. The second-order valence-corrected chi connectivity index (χ2v) is 4.28. The van der Waals surface area contributed by atoms with E-state index in [1.807, 2.05) is 0 Å². The molecule has 3 atom stereocenters. The predicted molar refractivity (Wildman–Crippen MR) is 39.9 cm³/mol. The zero-order valence-corrected chi connectivity index (χ0v) is 8.33. The molecular weight excluding hydrogens is 266 g/mol. The Hall–Kier alpha value is -0.660. The first-order chi connectivity index (χ1) is 6.82. The van der Waals surface area contributed by atoms with Crippen LogP contribution < -0.4 is 0 Å². The number of halogens is 7. The van der Waals surface area contributed by atoms with E-state index >= 15 is 0 Å². The van der Waals surface area contributed by atoms with Crippen molar-refractivity contribution in [1.29, 1.82) is 0 Å². The first kappa shape index (κ1) is 13.4. The summed E-state index contributed by atoms with van der Waals surface area (Å²) >= 11 is 4.85. The monoisotopic (exact) mass is 270 g/mol. The van der Waals surface area contributed by atoms with Crippen molar-refractivity contribution < 1.29 is 36.2 Å². The lowest BCUT2D eigenvalue weighted by Gasteiger charge is -2.21. The van der Waals surface area contributed by atoms with E-state index in [0.717, 1.165) is 0 Å². The largest absolute Gasteiger partial charge is 0.481 e. The molecular formula is C7H5ClF6O2. The average Bonchev–Trinajstić information content (AvgIpc) is 2.49. The molecule has 1 rings (SSSR count). The number of rotatable bonds is 1. The third-order valence-electron chi connectivity index (χ3n) is 2.90. The van der Waals surface area contributed by atoms with Crippen LogP contribution in [0.1, 0.15) is 6.92 Å². The Morgan fingerprint density at radius 1 is 1.19 bits per heavy atom. The summed E-state index contributed by atoms with van der Waals surface area (Å²) < 4.78 is 74.3. The molecule has 3 unspecified atom stereocenters. The standard InChI is InChI=1S/C7H5ClF6O2/c1-4(6(9,10)11)2(3(15)16)5(4,8)7(12,13)14/h2H,1H3,(H,15,16). The Morgan fingerprint density at radius 2 is 1.56 bits per heavy atom. The average molecular weight is 271 g/mol. The maximum absolute atomic E-state index is 12.4. The fourth-order valence-corrected chi connectivity index (χ4v) is 2.29. The highest BCUT2D eigenvalue weighted by Crippen LogP contribution is 2.77. The van der Waals surface area contributed by atoms with Crippen molar-refractivity contribution >= 4 is 17.6 Å². The van der Waals surface area contributed by atoms with Crippen LogP contribution in [-0.2, 0) is 4.79 Å². The minimum Gasteiger partial charge on any atom is -0.481 e. The van der Waals surface area contributed by atoms with Crippen LogP contribution in [0.2, 0.25) is 0 Å². The van der Waals surface area contributed by atoms with Crippen LogP contribution in [0.4, 0.5) is 26.3 Å². The molecule has 0 bridgehead atoms. The maximum atomic E-state index is 12.4. The highest BCUT2D eigenvalue weighted by molar-refractivity contribution is 6.30. The van der Waals surface area contributed by atoms with Crippen molar-refractivity contribution in [2.45, 2.75) is 24.2 Å². The van der Waals surface area contributed by atoms with Crippen LogP contribution in [-0.4, -0.2) is 28.3 Å². The molecule has 0 saturated heterocycles. The van der Waals surface area contributed by atoms with E-state index < -0.39 is 34.5 Å². The zero-order valence-electron chi connectivity index (χ0n) is 7.58. The van der Waals surface area contributed by atoms with Gasteiger partial charge in [0.05, 0.1) is 0 Å². The van der Waals surface area contributed by atoms with E-state index in [4.69, 9.17) is 16.7 Å². The van der Waals surface area contributed by atoms with Crippen LogP contribution >= 0.6 is 11.6 Å². The highest BCUT2D eigenvalue weighted by atomic mass is 35.5. The van der Waals surface area contributed by atoms with Gasteiger partial charge < -0.3 is 5.11 Å². The molecule has 1 aliphatic rings. The summed E-state index contributed by atoms with van der Waals surface area (Å²) in [7, 11) is 0. The molecule has 0 heterocycles. The van der Waals surface area contributed by atoms with Crippen LogP contribution in [0.5, 0.6) is 0 Å². The molecule has 0 spiro atoms. The molecule has 9 heteroatoms. The van der Waals surface area contributed by atoms with E-state index in [2.05, 4.69) is 0 Å². The summed E-state index contributed by atoms with van der Waals surface area (Å²) in [6.07, 6.45) is -10.8. The minimum atomic E-state index is -5.44. The summed E-state index contributed by atoms with van der Waals surface area (Å²) in [6, 6.07) is 0. The number of carbonyl (C=O) groups is 1. The van der Waals surface area contributed by atoms with Crippen LogP contribution in [0, 0.1) is 11.3 Å². The molecule has 0 aliphatic heterocycles. The number of carboxylic acids is 1. The second-order valence-electron chi connectivity index (χ2n) is 3.68. The Labute approximate surface area is 90.2 Å². The van der Waals surface area contributed by atoms with Gasteiger partial charge in [0, 0.05) is 0 Å². The normalized spacial score (nSPS) is 39.6. The molecule has 0 radical (unpaired) electrons. The number of alkyl halides is 7. The van der Waals surface area contributed by atoms with Gasteiger partial charge in [0.15, 0.2) is 4.87 Å². The lowest BCUT2D eigenvalue weighted by atomic mass is 10.0. The van der Waals surface area contributed by atoms with Crippen molar-refractivity contribution in [1.82, 2.24) is 0 Å². The Bertz CT molecular complexity index is 311. The predicted octanol–water partition coefficient (Wildman–Crippen LogP) is 2.81. The topological polar surface area (TPSA) is 37.3 Å². The van der Waals surface area contributed by atoms with Gasteiger partial charge in [-0.05, 0) is 6.92 Å². The van der Waals surface area contributed by atoms with Gasteiger partial charge in [-0.1, -0.05) is 0 Å². The lowest BCUT2D eigenvalue weighted by Crippen LogP contribution is -2.38. The number of hydrogen-bond donors (Lipinski definition) is 1.